The zero-order chi connectivity index (χ0) is 23.2. The molecule has 0 unspecified atom stereocenters. The van der Waals surface area contributed by atoms with Gasteiger partial charge in [-0.2, -0.15) is 0 Å². The molecule has 3 atom stereocenters. The minimum atomic E-state index is -2.87. The molecule has 0 amide bonds. The second-order valence-corrected chi connectivity index (χ2v) is 13.8. The molecule has 0 radical (unpaired) electrons. The molecule has 32 heavy (non-hydrogen) atoms. The number of aliphatic hydroxyl groups excluding tert-OH is 2. The first kappa shape index (κ1) is 24.1. The van der Waals surface area contributed by atoms with E-state index in [-0.39, 0.29) is 11.6 Å². The normalized spacial score (nSPS) is 14.9. The third kappa shape index (κ3) is 4.93. The summed E-state index contributed by atoms with van der Waals surface area (Å²) in [6.07, 6.45) is -0.878. The van der Waals surface area contributed by atoms with Crippen molar-refractivity contribution in [3.63, 3.8) is 0 Å². The summed E-state index contributed by atoms with van der Waals surface area (Å²) in [5, 5.41) is 29.3. The van der Waals surface area contributed by atoms with Gasteiger partial charge in [0.2, 0.25) is 0 Å². The average molecular weight is 469 g/mol. The van der Waals surface area contributed by atoms with E-state index in [1.54, 1.807) is 11.6 Å². The van der Waals surface area contributed by atoms with E-state index in [9.17, 15) is 10.2 Å². The summed E-state index contributed by atoms with van der Waals surface area (Å²) in [4.78, 5) is 6.92. The molecule has 0 saturated carbocycles. The van der Waals surface area contributed by atoms with Gasteiger partial charge in [-0.3, -0.25) is 0 Å². The molecule has 0 bridgehead atoms. The van der Waals surface area contributed by atoms with Gasteiger partial charge < -0.3 is 14.6 Å². The first-order valence-corrected chi connectivity index (χ1v) is 13.1. The van der Waals surface area contributed by atoms with Gasteiger partial charge in [0.15, 0.2) is 0 Å². The molecule has 0 fully saturated rings. The van der Waals surface area contributed by atoms with E-state index in [0.29, 0.717) is 5.01 Å². The van der Waals surface area contributed by atoms with E-state index in [1.807, 2.05) is 36.4 Å². The Labute approximate surface area is 193 Å². The number of azide groups is 1. The van der Waals surface area contributed by atoms with Crippen molar-refractivity contribution >= 4 is 30.0 Å². The number of aliphatic hydroxyl groups is 2. The van der Waals surface area contributed by atoms with Crippen molar-refractivity contribution in [2.45, 2.75) is 44.1 Å². The van der Waals surface area contributed by atoms with Crippen molar-refractivity contribution in [2.75, 3.05) is 6.61 Å². The first-order valence-electron chi connectivity index (χ1n) is 10.4. The van der Waals surface area contributed by atoms with Crippen molar-refractivity contribution in [3.8, 4) is 0 Å². The van der Waals surface area contributed by atoms with E-state index in [0.717, 1.165) is 10.4 Å². The highest BCUT2D eigenvalue weighted by Crippen LogP contribution is 2.37. The Balaban J connectivity index is 1.99. The van der Waals surface area contributed by atoms with Gasteiger partial charge in [-0.15, -0.1) is 11.3 Å². The fourth-order valence-electron chi connectivity index (χ4n) is 4.01. The van der Waals surface area contributed by atoms with E-state index in [2.05, 4.69) is 60.0 Å². The van der Waals surface area contributed by atoms with Crippen LogP contribution in [-0.4, -0.2) is 42.3 Å². The van der Waals surface area contributed by atoms with E-state index in [4.69, 9.17) is 9.96 Å². The van der Waals surface area contributed by atoms with Crippen LogP contribution in [0.4, 0.5) is 0 Å². The van der Waals surface area contributed by atoms with Crippen LogP contribution in [0.3, 0.4) is 0 Å². The molecule has 3 aromatic rings. The number of aromatic nitrogens is 1. The fraction of sp³-hybridized carbons (Fsp3) is 0.348. The summed E-state index contributed by atoms with van der Waals surface area (Å²) < 4.78 is 6.70. The van der Waals surface area contributed by atoms with Crippen molar-refractivity contribution in [2.24, 2.45) is 5.11 Å². The lowest BCUT2D eigenvalue weighted by Crippen LogP contribution is -2.67. The lowest BCUT2D eigenvalue weighted by atomic mass is 10.1. The summed E-state index contributed by atoms with van der Waals surface area (Å²) in [7, 11) is -2.87. The van der Waals surface area contributed by atoms with Crippen LogP contribution < -0.4 is 10.4 Å². The Morgan fingerprint density at radius 2 is 1.62 bits per heavy atom. The van der Waals surface area contributed by atoms with Gasteiger partial charge in [0.05, 0.1) is 18.8 Å². The molecule has 3 rings (SSSR count). The van der Waals surface area contributed by atoms with Crippen LogP contribution in [0.5, 0.6) is 0 Å². The molecule has 7 nitrogen and oxygen atoms in total. The number of hydrogen-bond donors (Lipinski definition) is 2. The van der Waals surface area contributed by atoms with Gasteiger partial charge >= 0.3 is 0 Å². The second-order valence-electron chi connectivity index (χ2n) is 8.55. The van der Waals surface area contributed by atoms with E-state index < -0.39 is 26.6 Å². The average Bonchev–Trinajstić information content (AvgIpc) is 3.33. The molecular formula is C23H28N4O3SSi. The quantitative estimate of drug-likeness (QED) is 0.215. The lowest BCUT2D eigenvalue weighted by molar-refractivity contribution is 0.0249. The van der Waals surface area contributed by atoms with Crippen LogP contribution in [0.25, 0.3) is 10.4 Å². The second kappa shape index (κ2) is 10.4. The van der Waals surface area contributed by atoms with Crippen molar-refractivity contribution in [3.05, 3.63) is 87.7 Å². The third-order valence-electron chi connectivity index (χ3n) is 5.49. The van der Waals surface area contributed by atoms with Crippen LogP contribution in [0, 0.1) is 0 Å². The summed E-state index contributed by atoms with van der Waals surface area (Å²) in [5.41, 5.74) is 9.03. The van der Waals surface area contributed by atoms with Crippen LogP contribution in [0.2, 0.25) is 5.04 Å². The number of hydrogen-bond acceptors (Lipinski definition) is 6. The summed E-state index contributed by atoms with van der Waals surface area (Å²) >= 11 is 1.24. The number of rotatable bonds is 9. The highest BCUT2D eigenvalue weighted by molar-refractivity contribution is 7.09. The largest absolute Gasteiger partial charge is 0.405 e. The predicted octanol–water partition coefficient (Wildman–Crippen LogP) is 3.79. The molecule has 0 aliphatic rings. The highest BCUT2D eigenvalue weighted by Gasteiger charge is 2.50. The molecule has 2 N–H and O–H groups in total. The summed E-state index contributed by atoms with van der Waals surface area (Å²) in [5.74, 6) is 0. The Kier molecular flexibility index (Phi) is 7.84. The Bertz CT molecular complexity index is 983. The molecule has 2 aromatic carbocycles. The molecule has 0 aliphatic carbocycles. The fourth-order valence-corrected chi connectivity index (χ4v) is 9.25. The minimum absolute atomic E-state index is 0.0978. The van der Waals surface area contributed by atoms with Gasteiger partial charge in [-0.25, -0.2) is 4.98 Å². The molecule has 168 valence electrons. The predicted molar refractivity (Wildman–Crippen MR) is 130 cm³/mol. The van der Waals surface area contributed by atoms with E-state index in [1.165, 1.54) is 11.3 Å². The summed E-state index contributed by atoms with van der Waals surface area (Å²) in [6, 6.07) is 19.0. The minimum Gasteiger partial charge on any atom is -0.405 e. The molecule has 1 heterocycles. The van der Waals surface area contributed by atoms with Gasteiger partial charge in [-0.1, -0.05) is 86.5 Å². The number of benzene rings is 2. The van der Waals surface area contributed by atoms with E-state index >= 15 is 0 Å². The molecule has 1 aromatic heterocycles. The highest BCUT2D eigenvalue weighted by atomic mass is 32.1. The molecule has 9 heteroatoms. The maximum Gasteiger partial charge on any atom is 0.261 e. The van der Waals surface area contributed by atoms with Gasteiger partial charge in [0.25, 0.3) is 8.32 Å². The smallest absolute Gasteiger partial charge is 0.261 e. The van der Waals surface area contributed by atoms with Gasteiger partial charge in [0.1, 0.15) is 11.1 Å². The van der Waals surface area contributed by atoms with Gasteiger partial charge in [-0.05, 0) is 20.9 Å². The van der Waals surface area contributed by atoms with Crippen molar-refractivity contribution in [1.82, 2.24) is 4.98 Å². The van der Waals surface area contributed by atoms with Gasteiger partial charge in [0, 0.05) is 16.5 Å². The molecule has 0 saturated heterocycles. The summed E-state index contributed by atoms with van der Waals surface area (Å²) in [6.45, 7) is 6.32. The Morgan fingerprint density at radius 3 is 2.06 bits per heavy atom. The van der Waals surface area contributed by atoms with Crippen LogP contribution >= 0.6 is 11.3 Å². The topological polar surface area (TPSA) is 111 Å². The van der Waals surface area contributed by atoms with Crippen molar-refractivity contribution in [1.29, 1.82) is 0 Å². The SMILES string of the molecule is CC(C)(C)[Si](OC[C@H](O)[C@@H](N=[N+]=[N-])[C@H](O)c1nccs1)(c1ccccc1)c1ccccc1. The Hall–Kier alpha value is -2.52. The van der Waals surface area contributed by atoms with Crippen LogP contribution in [0.15, 0.2) is 77.4 Å². The first-order chi connectivity index (χ1) is 15.3. The number of nitrogens with zero attached hydrogens (tertiary/aromatic N) is 4. The lowest BCUT2D eigenvalue weighted by Gasteiger charge is -2.43. The molecule has 0 aliphatic heterocycles. The van der Waals surface area contributed by atoms with Crippen LogP contribution in [-0.2, 0) is 4.43 Å². The maximum absolute atomic E-state index is 11.0. The zero-order valence-corrected chi connectivity index (χ0v) is 20.2. The van der Waals surface area contributed by atoms with Crippen LogP contribution in [0.1, 0.15) is 31.9 Å². The third-order valence-corrected chi connectivity index (χ3v) is 11.3. The Morgan fingerprint density at radius 1 is 1.06 bits per heavy atom. The monoisotopic (exact) mass is 468 g/mol. The molecule has 0 spiro atoms. The molecular weight excluding hydrogens is 440 g/mol. The maximum atomic E-state index is 11.0. The number of thiazole rings is 1. The van der Waals surface area contributed by atoms with Crippen molar-refractivity contribution < 1.29 is 14.6 Å². The zero-order valence-electron chi connectivity index (χ0n) is 18.4. The standard InChI is InChI=1S/C23H28N4O3SSi/c1-23(2,3)32(17-10-6-4-7-11-17,18-12-8-5-9-13-18)30-16-19(28)20(26-27-24)21(29)22-25-14-15-31-22/h4-15,19-21,28-29H,16H2,1-3H3/t19-,20+,21-/m0/s1.